The van der Waals surface area contributed by atoms with Crippen LogP contribution < -0.4 is 0 Å². The maximum absolute atomic E-state index is 11.4. The molecule has 0 aromatic rings. The standard InChI is InChI=1S/C10H11NO2/c1-2-13-9(12)10(8-11)6-4-3-5-7-10/h3-6H,2,7H2,1H3. The molecule has 0 aliphatic heterocycles. The molecular formula is C10H11NO2. The monoisotopic (exact) mass is 177 g/mol. The van der Waals surface area contributed by atoms with Gasteiger partial charge in [0.15, 0.2) is 5.41 Å². The lowest BCUT2D eigenvalue weighted by Gasteiger charge is -2.20. The van der Waals surface area contributed by atoms with Crippen molar-refractivity contribution in [1.82, 2.24) is 0 Å². The molecule has 13 heavy (non-hydrogen) atoms. The van der Waals surface area contributed by atoms with Crippen LogP contribution in [0.25, 0.3) is 0 Å². The van der Waals surface area contributed by atoms with Crippen molar-refractivity contribution in [3.05, 3.63) is 24.3 Å². The maximum Gasteiger partial charge on any atom is 0.330 e. The zero-order valence-electron chi connectivity index (χ0n) is 7.49. The minimum Gasteiger partial charge on any atom is -0.465 e. The van der Waals surface area contributed by atoms with E-state index in [9.17, 15) is 4.79 Å². The second kappa shape index (κ2) is 3.90. The summed E-state index contributed by atoms with van der Waals surface area (Å²) in [4.78, 5) is 11.4. The quantitative estimate of drug-likeness (QED) is 0.601. The molecule has 0 heterocycles. The lowest BCUT2D eigenvalue weighted by atomic mass is 9.83. The highest BCUT2D eigenvalue weighted by Crippen LogP contribution is 2.28. The third-order valence-corrected chi connectivity index (χ3v) is 1.91. The molecule has 0 saturated carbocycles. The van der Waals surface area contributed by atoms with E-state index in [1.54, 1.807) is 25.2 Å². The molecule has 0 N–H and O–H groups in total. The zero-order chi connectivity index (χ0) is 9.73. The molecule has 0 radical (unpaired) electrons. The van der Waals surface area contributed by atoms with Gasteiger partial charge in [0.25, 0.3) is 0 Å². The van der Waals surface area contributed by atoms with Crippen LogP contribution in [0.2, 0.25) is 0 Å². The van der Waals surface area contributed by atoms with E-state index >= 15 is 0 Å². The van der Waals surface area contributed by atoms with Gasteiger partial charge >= 0.3 is 5.97 Å². The van der Waals surface area contributed by atoms with Gasteiger partial charge in [0, 0.05) is 0 Å². The van der Waals surface area contributed by atoms with E-state index in [-0.39, 0.29) is 0 Å². The number of ether oxygens (including phenoxy) is 1. The van der Waals surface area contributed by atoms with E-state index in [4.69, 9.17) is 10.00 Å². The van der Waals surface area contributed by atoms with Gasteiger partial charge in [-0.15, -0.1) is 0 Å². The van der Waals surface area contributed by atoms with Gasteiger partial charge in [0.05, 0.1) is 12.7 Å². The molecule has 0 saturated heterocycles. The van der Waals surface area contributed by atoms with Crippen LogP contribution in [-0.4, -0.2) is 12.6 Å². The Balaban J connectivity index is 2.83. The number of hydrogen-bond donors (Lipinski definition) is 0. The maximum atomic E-state index is 11.4. The molecular weight excluding hydrogens is 166 g/mol. The van der Waals surface area contributed by atoms with Crippen molar-refractivity contribution in [2.45, 2.75) is 13.3 Å². The number of allylic oxidation sites excluding steroid dienone is 3. The summed E-state index contributed by atoms with van der Waals surface area (Å²) in [6.07, 6.45) is 7.29. The summed E-state index contributed by atoms with van der Waals surface area (Å²) in [6.45, 7) is 2.03. The van der Waals surface area contributed by atoms with Crippen LogP contribution in [0.1, 0.15) is 13.3 Å². The Labute approximate surface area is 77.3 Å². The highest BCUT2D eigenvalue weighted by Gasteiger charge is 2.37. The van der Waals surface area contributed by atoms with Gasteiger partial charge in [-0.25, -0.2) is 4.79 Å². The average Bonchev–Trinajstić information content (AvgIpc) is 2.19. The van der Waals surface area contributed by atoms with Gasteiger partial charge in [0.2, 0.25) is 0 Å². The third kappa shape index (κ3) is 1.78. The number of esters is 1. The van der Waals surface area contributed by atoms with E-state index in [0.29, 0.717) is 13.0 Å². The average molecular weight is 177 g/mol. The normalized spacial score (nSPS) is 25.2. The molecule has 1 aliphatic carbocycles. The fourth-order valence-corrected chi connectivity index (χ4v) is 1.16. The van der Waals surface area contributed by atoms with Crippen LogP contribution in [0.4, 0.5) is 0 Å². The van der Waals surface area contributed by atoms with Crippen LogP contribution in [0.5, 0.6) is 0 Å². The van der Waals surface area contributed by atoms with E-state index in [2.05, 4.69) is 0 Å². The Bertz CT molecular complexity index is 299. The van der Waals surface area contributed by atoms with Crippen molar-refractivity contribution in [1.29, 1.82) is 5.26 Å². The fourth-order valence-electron chi connectivity index (χ4n) is 1.16. The number of hydrogen-bond acceptors (Lipinski definition) is 3. The van der Waals surface area contributed by atoms with E-state index in [1.807, 2.05) is 12.1 Å². The second-order valence-corrected chi connectivity index (χ2v) is 2.80. The summed E-state index contributed by atoms with van der Waals surface area (Å²) >= 11 is 0. The van der Waals surface area contributed by atoms with E-state index in [1.165, 1.54) is 0 Å². The van der Waals surface area contributed by atoms with Gasteiger partial charge in [-0.05, 0) is 13.3 Å². The highest BCUT2D eigenvalue weighted by molar-refractivity contribution is 5.83. The Morgan fingerprint density at radius 2 is 2.46 bits per heavy atom. The molecule has 3 heteroatoms. The first-order valence-electron chi connectivity index (χ1n) is 4.18. The van der Waals surface area contributed by atoms with Crippen LogP contribution in [0.15, 0.2) is 24.3 Å². The Hall–Kier alpha value is -1.56. The molecule has 1 aliphatic rings. The largest absolute Gasteiger partial charge is 0.465 e. The van der Waals surface area contributed by atoms with Crippen LogP contribution >= 0.6 is 0 Å². The Morgan fingerprint density at radius 1 is 1.69 bits per heavy atom. The summed E-state index contributed by atoms with van der Waals surface area (Å²) in [6, 6.07) is 1.99. The molecule has 0 aromatic carbocycles. The molecule has 1 rings (SSSR count). The smallest absolute Gasteiger partial charge is 0.330 e. The second-order valence-electron chi connectivity index (χ2n) is 2.80. The van der Waals surface area contributed by atoms with Crippen molar-refractivity contribution in [2.75, 3.05) is 6.61 Å². The van der Waals surface area contributed by atoms with Gasteiger partial charge < -0.3 is 4.74 Å². The summed E-state index contributed by atoms with van der Waals surface area (Å²) in [5.74, 6) is -0.460. The highest BCUT2D eigenvalue weighted by atomic mass is 16.5. The lowest BCUT2D eigenvalue weighted by molar-refractivity contribution is -0.149. The van der Waals surface area contributed by atoms with Crippen LogP contribution in [0, 0.1) is 16.7 Å². The molecule has 68 valence electrons. The third-order valence-electron chi connectivity index (χ3n) is 1.91. The first kappa shape index (κ1) is 9.53. The van der Waals surface area contributed by atoms with E-state index in [0.717, 1.165) is 0 Å². The van der Waals surface area contributed by atoms with Crippen molar-refractivity contribution < 1.29 is 9.53 Å². The predicted molar refractivity (Wildman–Crippen MR) is 47.6 cm³/mol. The number of nitriles is 1. The minimum absolute atomic E-state index is 0.305. The molecule has 1 unspecified atom stereocenters. The predicted octanol–water partition coefficient (Wildman–Crippen LogP) is 1.58. The van der Waals surface area contributed by atoms with E-state index < -0.39 is 11.4 Å². The van der Waals surface area contributed by atoms with Crippen molar-refractivity contribution in [3.63, 3.8) is 0 Å². The zero-order valence-corrected chi connectivity index (χ0v) is 7.49. The number of carbonyl (C=O) groups is 1. The molecule has 0 fully saturated rings. The Kier molecular flexibility index (Phi) is 2.86. The van der Waals surface area contributed by atoms with Gasteiger partial charge in [-0.1, -0.05) is 24.3 Å². The van der Waals surface area contributed by atoms with Crippen LogP contribution in [0.3, 0.4) is 0 Å². The summed E-state index contributed by atoms with van der Waals surface area (Å²) in [5.41, 5.74) is -1.09. The van der Waals surface area contributed by atoms with Gasteiger partial charge in [0.1, 0.15) is 0 Å². The van der Waals surface area contributed by atoms with Gasteiger partial charge in [-0.2, -0.15) is 5.26 Å². The molecule has 1 atom stereocenters. The lowest BCUT2D eigenvalue weighted by Crippen LogP contribution is -2.29. The first-order valence-corrected chi connectivity index (χ1v) is 4.18. The van der Waals surface area contributed by atoms with Crippen molar-refractivity contribution >= 4 is 5.97 Å². The topological polar surface area (TPSA) is 50.1 Å². The molecule has 0 bridgehead atoms. The number of carbonyl (C=O) groups excluding carboxylic acids is 1. The molecule has 0 amide bonds. The molecule has 0 aromatic heterocycles. The molecule has 0 spiro atoms. The van der Waals surface area contributed by atoms with Gasteiger partial charge in [-0.3, -0.25) is 0 Å². The Morgan fingerprint density at radius 3 is 2.92 bits per heavy atom. The SMILES string of the molecule is CCOC(=O)C1(C#N)C=CC=CC1. The first-order chi connectivity index (χ1) is 6.25. The number of nitrogens with zero attached hydrogens (tertiary/aromatic N) is 1. The number of rotatable bonds is 2. The summed E-state index contributed by atoms with van der Waals surface area (Å²) in [7, 11) is 0. The van der Waals surface area contributed by atoms with Crippen molar-refractivity contribution in [3.8, 4) is 6.07 Å². The summed E-state index contributed by atoms with van der Waals surface area (Å²) < 4.78 is 4.83. The minimum atomic E-state index is -1.09. The summed E-state index contributed by atoms with van der Waals surface area (Å²) in [5, 5.41) is 8.90. The fraction of sp³-hybridized carbons (Fsp3) is 0.400. The van der Waals surface area contributed by atoms with Crippen molar-refractivity contribution in [2.24, 2.45) is 5.41 Å². The molecule has 3 nitrogen and oxygen atoms in total. The van der Waals surface area contributed by atoms with Crippen LogP contribution in [-0.2, 0) is 9.53 Å².